The van der Waals surface area contributed by atoms with Gasteiger partial charge in [-0.1, -0.05) is 92.7 Å². The Balaban J connectivity index is 1.54. The molecule has 164 valence electrons. The Labute approximate surface area is 204 Å². The maximum absolute atomic E-state index is 2.56. The topological polar surface area (TPSA) is 0 Å². The molecule has 0 nitrogen and oxygen atoms in total. The molecule has 0 aromatic heterocycles. The van der Waals surface area contributed by atoms with Crippen molar-refractivity contribution >= 4 is 54.7 Å². The van der Waals surface area contributed by atoms with Crippen LogP contribution in [0.1, 0.15) is 48.1 Å². The normalized spacial score (nSPS) is 16.9. The van der Waals surface area contributed by atoms with Crippen LogP contribution in [-0.4, -0.2) is 0 Å². The SMILES string of the molecule is CC1(C)c2c(cc3c4c5c(ccc24)C=CCC5=CC3)-c2c1c1cccc3ccc4cccc2c4c31. The lowest BCUT2D eigenvalue weighted by molar-refractivity contribution is 0.672. The zero-order valence-electron chi connectivity index (χ0n) is 20.0. The van der Waals surface area contributed by atoms with E-state index in [-0.39, 0.29) is 5.41 Å². The molecular formula is C35H24. The van der Waals surface area contributed by atoms with Crippen LogP contribution in [0.25, 0.3) is 65.9 Å². The van der Waals surface area contributed by atoms with E-state index in [9.17, 15) is 0 Å². The highest BCUT2D eigenvalue weighted by Gasteiger charge is 2.41. The molecule has 0 spiro atoms. The van der Waals surface area contributed by atoms with Crippen LogP contribution < -0.4 is 0 Å². The van der Waals surface area contributed by atoms with Gasteiger partial charge in [0.05, 0.1) is 0 Å². The number of hydrogen-bond acceptors (Lipinski definition) is 0. The second-order valence-corrected chi connectivity index (χ2v) is 11.2. The predicted octanol–water partition coefficient (Wildman–Crippen LogP) is 9.40. The van der Waals surface area contributed by atoms with Gasteiger partial charge in [0.25, 0.3) is 0 Å². The van der Waals surface area contributed by atoms with Crippen molar-refractivity contribution in [3.8, 4) is 11.1 Å². The van der Waals surface area contributed by atoms with E-state index >= 15 is 0 Å². The van der Waals surface area contributed by atoms with E-state index in [0.717, 1.165) is 12.8 Å². The molecule has 0 radical (unpaired) electrons. The lowest BCUT2D eigenvalue weighted by Gasteiger charge is -2.29. The number of hydrogen-bond donors (Lipinski definition) is 0. The van der Waals surface area contributed by atoms with Crippen molar-refractivity contribution < 1.29 is 0 Å². The van der Waals surface area contributed by atoms with E-state index in [0.29, 0.717) is 0 Å². The monoisotopic (exact) mass is 444 g/mol. The summed E-state index contributed by atoms with van der Waals surface area (Å²) < 4.78 is 0. The maximum Gasteiger partial charge on any atom is 0.0171 e. The van der Waals surface area contributed by atoms with Crippen LogP contribution in [0.4, 0.5) is 0 Å². The highest BCUT2D eigenvalue weighted by Crippen LogP contribution is 2.59. The summed E-state index contributed by atoms with van der Waals surface area (Å²) >= 11 is 0. The van der Waals surface area contributed by atoms with E-state index in [1.54, 1.807) is 0 Å². The number of allylic oxidation sites excluding steroid dienone is 3. The smallest absolute Gasteiger partial charge is 0.0171 e. The Kier molecular flexibility index (Phi) is 3.07. The molecule has 0 heteroatoms. The molecule has 35 heavy (non-hydrogen) atoms. The van der Waals surface area contributed by atoms with Crippen molar-refractivity contribution in [1.29, 1.82) is 0 Å². The molecule has 0 saturated carbocycles. The second kappa shape index (κ2) is 5.83. The molecule has 0 N–H and O–H groups in total. The minimum absolute atomic E-state index is 0.0761. The van der Waals surface area contributed by atoms with Crippen LogP contribution in [0.5, 0.6) is 0 Å². The van der Waals surface area contributed by atoms with Crippen molar-refractivity contribution in [1.82, 2.24) is 0 Å². The summed E-state index contributed by atoms with van der Waals surface area (Å²) in [5.74, 6) is 0. The fourth-order valence-corrected chi connectivity index (χ4v) is 7.87. The summed E-state index contributed by atoms with van der Waals surface area (Å²) in [5.41, 5.74) is 11.7. The Hall–Kier alpha value is -3.90. The van der Waals surface area contributed by atoms with E-state index in [1.165, 1.54) is 87.6 Å². The van der Waals surface area contributed by atoms with Gasteiger partial charge in [-0.2, -0.15) is 0 Å². The van der Waals surface area contributed by atoms with Crippen LogP contribution in [0.15, 0.2) is 78.9 Å². The van der Waals surface area contributed by atoms with Gasteiger partial charge in [0, 0.05) is 5.41 Å². The Bertz CT molecular complexity index is 2010. The highest BCUT2D eigenvalue weighted by molar-refractivity contribution is 6.29. The average molecular weight is 445 g/mol. The molecule has 0 amide bonds. The first-order chi connectivity index (χ1) is 17.1. The fourth-order valence-electron chi connectivity index (χ4n) is 7.87. The molecule has 9 rings (SSSR count). The van der Waals surface area contributed by atoms with E-state index in [1.807, 2.05) is 0 Å². The third-order valence-corrected chi connectivity index (χ3v) is 9.13. The first-order valence-electron chi connectivity index (χ1n) is 12.8. The molecule has 0 unspecified atom stereocenters. The van der Waals surface area contributed by atoms with Gasteiger partial charge in [-0.05, 0) is 107 Å². The molecule has 0 bridgehead atoms. The largest absolute Gasteiger partial charge is 0.0795 e. The van der Waals surface area contributed by atoms with E-state index < -0.39 is 0 Å². The third-order valence-electron chi connectivity index (χ3n) is 9.13. The van der Waals surface area contributed by atoms with Gasteiger partial charge in [-0.25, -0.2) is 0 Å². The van der Waals surface area contributed by atoms with Gasteiger partial charge in [-0.3, -0.25) is 0 Å². The first kappa shape index (κ1) is 18.4. The van der Waals surface area contributed by atoms with E-state index in [2.05, 4.69) is 98.8 Å². The third kappa shape index (κ3) is 2.00. The second-order valence-electron chi connectivity index (χ2n) is 11.2. The van der Waals surface area contributed by atoms with Gasteiger partial charge in [0.2, 0.25) is 0 Å². The van der Waals surface area contributed by atoms with Gasteiger partial charge in [0.15, 0.2) is 0 Å². The predicted molar refractivity (Wildman–Crippen MR) is 151 cm³/mol. The maximum atomic E-state index is 2.56. The quantitative estimate of drug-likeness (QED) is 0.205. The van der Waals surface area contributed by atoms with Gasteiger partial charge in [0.1, 0.15) is 0 Å². The Morgan fingerprint density at radius 3 is 2.23 bits per heavy atom. The van der Waals surface area contributed by atoms with Gasteiger partial charge in [-0.15, -0.1) is 0 Å². The molecule has 6 aromatic carbocycles. The van der Waals surface area contributed by atoms with E-state index in [4.69, 9.17) is 0 Å². The molecule has 3 aliphatic carbocycles. The average Bonchev–Trinajstić information content (AvgIpc) is 3.13. The summed E-state index contributed by atoms with van der Waals surface area (Å²) in [7, 11) is 0. The molecule has 0 heterocycles. The Morgan fingerprint density at radius 1 is 0.657 bits per heavy atom. The van der Waals surface area contributed by atoms with Crippen molar-refractivity contribution in [3.05, 3.63) is 107 Å². The summed E-state index contributed by atoms with van der Waals surface area (Å²) in [6, 6.07) is 25.7. The minimum atomic E-state index is -0.0761. The summed E-state index contributed by atoms with van der Waals surface area (Å²) in [5, 5.41) is 11.3. The van der Waals surface area contributed by atoms with Crippen LogP contribution in [-0.2, 0) is 11.8 Å². The molecule has 6 aromatic rings. The zero-order chi connectivity index (χ0) is 23.1. The Morgan fingerprint density at radius 2 is 1.40 bits per heavy atom. The molecule has 0 aliphatic heterocycles. The minimum Gasteiger partial charge on any atom is -0.0795 e. The summed E-state index contributed by atoms with van der Waals surface area (Å²) in [6.07, 6.45) is 9.20. The highest BCUT2D eigenvalue weighted by atomic mass is 14.4. The molecular weight excluding hydrogens is 420 g/mol. The number of rotatable bonds is 0. The molecule has 3 aliphatic rings. The van der Waals surface area contributed by atoms with Crippen molar-refractivity contribution in [2.75, 3.05) is 0 Å². The van der Waals surface area contributed by atoms with Crippen LogP contribution >= 0.6 is 0 Å². The fraction of sp³-hybridized carbons (Fsp3) is 0.143. The summed E-state index contributed by atoms with van der Waals surface area (Å²) in [4.78, 5) is 0. The standard InChI is InChI=1S/C35H24/c1-35(2)33-26-17-16-20-7-3-6-19-14-15-23(31(26)28(19)20)18-27(33)32-24-10-4-8-21-12-13-22-9-5-11-25(34(32)35)30(22)29(21)24/h3-5,7-14,16-18H,6,15H2,1-2H3. The summed E-state index contributed by atoms with van der Waals surface area (Å²) in [6.45, 7) is 4.92. The number of fused-ring (bicyclic) bond motifs is 6. The van der Waals surface area contributed by atoms with Crippen LogP contribution in [0.3, 0.4) is 0 Å². The van der Waals surface area contributed by atoms with Crippen LogP contribution in [0, 0.1) is 0 Å². The van der Waals surface area contributed by atoms with Gasteiger partial charge < -0.3 is 0 Å². The molecule has 0 atom stereocenters. The lowest BCUT2D eigenvalue weighted by Crippen LogP contribution is -2.17. The van der Waals surface area contributed by atoms with Gasteiger partial charge >= 0.3 is 0 Å². The van der Waals surface area contributed by atoms with Crippen molar-refractivity contribution in [3.63, 3.8) is 0 Å². The number of benzene rings is 6. The van der Waals surface area contributed by atoms with Crippen molar-refractivity contribution in [2.24, 2.45) is 0 Å². The molecule has 0 saturated heterocycles. The zero-order valence-corrected chi connectivity index (χ0v) is 20.0. The van der Waals surface area contributed by atoms with Crippen molar-refractivity contribution in [2.45, 2.75) is 32.1 Å². The lowest BCUT2D eigenvalue weighted by atomic mass is 9.74. The molecule has 0 fully saturated rings. The van der Waals surface area contributed by atoms with Crippen LogP contribution in [0.2, 0.25) is 0 Å². The first-order valence-corrected chi connectivity index (χ1v) is 12.8.